The van der Waals surface area contributed by atoms with Crippen LogP contribution in [0.5, 0.6) is 0 Å². The fraction of sp³-hybridized carbons (Fsp3) is 0.0556. The molecule has 1 amide bonds. The van der Waals surface area contributed by atoms with Gasteiger partial charge in [0.25, 0.3) is 5.91 Å². The molecule has 0 unspecified atom stereocenters. The van der Waals surface area contributed by atoms with Gasteiger partial charge in [0.05, 0.1) is 15.5 Å². The zero-order valence-corrected chi connectivity index (χ0v) is 14.9. The van der Waals surface area contributed by atoms with Gasteiger partial charge in [0, 0.05) is 11.1 Å². The summed E-state index contributed by atoms with van der Waals surface area (Å²) in [5, 5.41) is 4.84. The predicted molar refractivity (Wildman–Crippen MR) is 99.6 cm³/mol. The second-order valence-corrected chi connectivity index (χ2v) is 7.62. The van der Waals surface area contributed by atoms with E-state index in [1.807, 2.05) is 36.4 Å². The number of fused-ring (bicyclic) bond motifs is 1. The summed E-state index contributed by atoms with van der Waals surface area (Å²) in [6.07, 6.45) is 0. The predicted octanol–water partition coefficient (Wildman–Crippen LogP) is 3.65. The van der Waals surface area contributed by atoms with Crippen molar-refractivity contribution in [2.75, 3.05) is 12.4 Å². The second kappa shape index (κ2) is 6.84. The average Bonchev–Trinajstić information content (AvgIpc) is 2.62. The Morgan fingerprint density at radius 2 is 1.72 bits per heavy atom. The summed E-state index contributed by atoms with van der Waals surface area (Å²) >= 11 is 6.09. The van der Waals surface area contributed by atoms with Crippen molar-refractivity contribution in [3.8, 4) is 0 Å². The lowest BCUT2D eigenvalue weighted by atomic mass is 10.1. The van der Waals surface area contributed by atoms with E-state index < -0.39 is 15.9 Å². The van der Waals surface area contributed by atoms with E-state index in [0.717, 1.165) is 10.8 Å². The van der Waals surface area contributed by atoms with E-state index in [4.69, 9.17) is 11.6 Å². The van der Waals surface area contributed by atoms with Crippen molar-refractivity contribution >= 4 is 44.0 Å². The number of nitrogens with one attached hydrogen (secondary N) is 2. The molecule has 0 aliphatic rings. The van der Waals surface area contributed by atoms with E-state index in [2.05, 4.69) is 10.0 Å². The van der Waals surface area contributed by atoms with Gasteiger partial charge < -0.3 is 5.32 Å². The fourth-order valence-electron chi connectivity index (χ4n) is 2.49. The van der Waals surface area contributed by atoms with Crippen LogP contribution in [0, 0.1) is 0 Å². The number of hydrogen-bond donors (Lipinski definition) is 2. The monoisotopic (exact) mass is 374 g/mol. The standard InChI is InChI=1S/C18H15ClN2O3S/c1-20-25(23,24)13-9-10-16(19)15(11-13)18(22)21-17-8-4-6-12-5-2-3-7-14(12)17/h2-11,20H,1H3,(H,21,22). The van der Waals surface area contributed by atoms with Crippen LogP contribution in [-0.2, 0) is 10.0 Å². The Morgan fingerprint density at radius 1 is 1.00 bits per heavy atom. The molecule has 7 heteroatoms. The topological polar surface area (TPSA) is 75.3 Å². The van der Waals surface area contributed by atoms with Crippen LogP contribution in [0.15, 0.2) is 65.6 Å². The Kier molecular flexibility index (Phi) is 4.76. The average molecular weight is 375 g/mol. The van der Waals surface area contributed by atoms with E-state index in [0.29, 0.717) is 5.69 Å². The first-order chi connectivity index (χ1) is 11.9. The molecule has 3 aromatic rings. The van der Waals surface area contributed by atoms with Crippen LogP contribution in [0.4, 0.5) is 5.69 Å². The first-order valence-electron chi connectivity index (χ1n) is 7.44. The van der Waals surface area contributed by atoms with Gasteiger partial charge in [-0.25, -0.2) is 13.1 Å². The number of hydrogen-bond acceptors (Lipinski definition) is 3. The molecule has 0 heterocycles. The molecule has 0 radical (unpaired) electrons. The Balaban J connectivity index is 2.00. The number of carbonyl (C=O) groups is 1. The molecule has 0 aromatic heterocycles. The number of anilines is 1. The summed E-state index contributed by atoms with van der Waals surface area (Å²) < 4.78 is 26.1. The van der Waals surface area contributed by atoms with Gasteiger partial charge in [-0.1, -0.05) is 48.0 Å². The van der Waals surface area contributed by atoms with E-state index in [1.54, 1.807) is 6.07 Å². The number of rotatable bonds is 4. The van der Waals surface area contributed by atoms with Crippen molar-refractivity contribution in [1.29, 1.82) is 0 Å². The first kappa shape index (κ1) is 17.4. The number of benzene rings is 3. The molecule has 0 spiro atoms. The Bertz CT molecular complexity index is 1060. The van der Waals surface area contributed by atoms with Crippen LogP contribution in [0.3, 0.4) is 0 Å². The van der Waals surface area contributed by atoms with Crippen LogP contribution in [0.2, 0.25) is 5.02 Å². The molecular weight excluding hydrogens is 360 g/mol. The molecule has 25 heavy (non-hydrogen) atoms. The molecule has 128 valence electrons. The van der Waals surface area contributed by atoms with Crippen LogP contribution in [0.25, 0.3) is 10.8 Å². The van der Waals surface area contributed by atoms with Crippen molar-refractivity contribution in [2.45, 2.75) is 4.90 Å². The van der Waals surface area contributed by atoms with Crippen molar-refractivity contribution in [2.24, 2.45) is 0 Å². The maximum atomic E-state index is 12.6. The third-order valence-corrected chi connectivity index (χ3v) is 5.54. The van der Waals surface area contributed by atoms with Gasteiger partial charge in [-0.2, -0.15) is 0 Å². The van der Waals surface area contributed by atoms with Gasteiger partial charge in [-0.15, -0.1) is 0 Å². The van der Waals surface area contributed by atoms with E-state index in [9.17, 15) is 13.2 Å². The van der Waals surface area contributed by atoms with Crippen molar-refractivity contribution < 1.29 is 13.2 Å². The minimum absolute atomic E-state index is 0.0255. The zero-order valence-electron chi connectivity index (χ0n) is 13.3. The Morgan fingerprint density at radius 3 is 2.48 bits per heavy atom. The highest BCUT2D eigenvalue weighted by Crippen LogP contribution is 2.26. The van der Waals surface area contributed by atoms with Crippen LogP contribution in [0.1, 0.15) is 10.4 Å². The zero-order chi connectivity index (χ0) is 18.0. The lowest BCUT2D eigenvalue weighted by molar-refractivity contribution is 0.102. The number of carbonyl (C=O) groups excluding carboxylic acids is 1. The lowest BCUT2D eigenvalue weighted by Gasteiger charge is -2.11. The lowest BCUT2D eigenvalue weighted by Crippen LogP contribution is -2.20. The molecule has 2 N–H and O–H groups in total. The molecular formula is C18H15ClN2O3S. The Hall–Kier alpha value is -2.41. The van der Waals surface area contributed by atoms with Gasteiger partial charge in [0.2, 0.25) is 10.0 Å². The SMILES string of the molecule is CNS(=O)(=O)c1ccc(Cl)c(C(=O)Nc2cccc3ccccc23)c1. The van der Waals surface area contributed by atoms with Crippen molar-refractivity contribution in [3.05, 3.63) is 71.2 Å². The van der Waals surface area contributed by atoms with Crippen molar-refractivity contribution in [3.63, 3.8) is 0 Å². The maximum absolute atomic E-state index is 12.6. The summed E-state index contributed by atoms with van der Waals surface area (Å²) in [6.45, 7) is 0. The minimum Gasteiger partial charge on any atom is -0.321 e. The highest BCUT2D eigenvalue weighted by atomic mass is 35.5. The van der Waals surface area contributed by atoms with Gasteiger partial charge in [-0.05, 0) is 36.7 Å². The molecule has 0 fully saturated rings. The molecule has 3 rings (SSSR count). The summed E-state index contributed by atoms with van der Waals surface area (Å²) in [5.74, 6) is -0.477. The fourth-order valence-corrected chi connectivity index (χ4v) is 3.45. The number of amides is 1. The molecule has 0 bridgehead atoms. The summed E-state index contributed by atoms with van der Waals surface area (Å²) in [4.78, 5) is 12.6. The summed E-state index contributed by atoms with van der Waals surface area (Å²) in [6, 6.07) is 17.2. The second-order valence-electron chi connectivity index (χ2n) is 5.33. The van der Waals surface area contributed by atoms with Crippen LogP contribution in [-0.4, -0.2) is 21.4 Å². The van der Waals surface area contributed by atoms with E-state index >= 15 is 0 Å². The summed E-state index contributed by atoms with van der Waals surface area (Å²) in [7, 11) is -2.36. The molecule has 0 saturated heterocycles. The maximum Gasteiger partial charge on any atom is 0.257 e. The molecule has 0 saturated carbocycles. The molecule has 3 aromatic carbocycles. The Labute approximate surface area is 150 Å². The molecule has 0 aliphatic carbocycles. The third kappa shape index (κ3) is 3.51. The highest BCUT2D eigenvalue weighted by Gasteiger charge is 2.18. The van der Waals surface area contributed by atoms with E-state index in [1.165, 1.54) is 25.2 Å². The molecule has 0 atom stereocenters. The quantitative estimate of drug-likeness (QED) is 0.731. The van der Waals surface area contributed by atoms with Crippen LogP contribution >= 0.6 is 11.6 Å². The van der Waals surface area contributed by atoms with E-state index in [-0.39, 0.29) is 15.5 Å². The first-order valence-corrected chi connectivity index (χ1v) is 9.31. The minimum atomic E-state index is -3.67. The van der Waals surface area contributed by atoms with Crippen LogP contribution < -0.4 is 10.0 Å². The number of sulfonamides is 1. The molecule has 0 aliphatic heterocycles. The normalized spacial score (nSPS) is 11.4. The third-order valence-electron chi connectivity index (χ3n) is 3.80. The van der Waals surface area contributed by atoms with Gasteiger partial charge in [-0.3, -0.25) is 4.79 Å². The summed E-state index contributed by atoms with van der Waals surface area (Å²) in [5.41, 5.74) is 0.715. The number of halogens is 1. The van der Waals surface area contributed by atoms with Gasteiger partial charge in [0.1, 0.15) is 0 Å². The van der Waals surface area contributed by atoms with Gasteiger partial charge >= 0.3 is 0 Å². The smallest absolute Gasteiger partial charge is 0.257 e. The molecule has 5 nitrogen and oxygen atoms in total. The van der Waals surface area contributed by atoms with Gasteiger partial charge in [0.15, 0.2) is 0 Å². The highest BCUT2D eigenvalue weighted by molar-refractivity contribution is 7.89. The largest absolute Gasteiger partial charge is 0.321 e. The van der Waals surface area contributed by atoms with Crippen molar-refractivity contribution in [1.82, 2.24) is 4.72 Å².